The predicted molar refractivity (Wildman–Crippen MR) is 99.5 cm³/mol. The molecule has 4 aromatic rings. The summed E-state index contributed by atoms with van der Waals surface area (Å²) in [6, 6.07) is 5.71. The van der Waals surface area contributed by atoms with Crippen LogP contribution in [0.5, 0.6) is 17.6 Å². The number of benzene rings is 1. The molecule has 1 aromatic carbocycles. The summed E-state index contributed by atoms with van der Waals surface area (Å²) in [4.78, 5) is 25.9. The third-order valence-corrected chi connectivity index (χ3v) is 4.16. The molecule has 0 aliphatic rings. The van der Waals surface area contributed by atoms with Crippen LogP contribution < -0.4 is 14.2 Å². The van der Waals surface area contributed by atoms with Gasteiger partial charge in [-0.05, 0) is 0 Å². The number of fused-ring (bicyclic) bond motifs is 6. The molecule has 0 atom stereocenters. The van der Waals surface area contributed by atoms with E-state index in [1.54, 1.807) is 0 Å². The second-order valence-corrected chi connectivity index (χ2v) is 5.67. The normalized spacial score (nSPS) is 10.4. The highest BCUT2D eigenvalue weighted by Gasteiger charge is 2.23. The van der Waals surface area contributed by atoms with Crippen LogP contribution in [-0.4, -0.2) is 51.2 Å². The molecule has 0 aliphatic heterocycles. The van der Waals surface area contributed by atoms with Gasteiger partial charge < -0.3 is 14.2 Å². The Morgan fingerprint density at radius 2 is 0.700 bits per heavy atom. The molecule has 0 saturated heterocycles. The third-order valence-electron chi connectivity index (χ3n) is 4.16. The molecule has 4 rings (SSSR count). The summed E-state index contributed by atoms with van der Waals surface area (Å²) >= 11 is 0. The van der Waals surface area contributed by atoms with Crippen molar-refractivity contribution in [1.82, 2.24) is 29.9 Å². The summed E-state index contributed by atoms with van der Waals surface area (Å²) < 4.78 is 15.5. The number of nitrogens with zero attached hydrogens (tertiary/aromatic N) is 9. The molecule has 12 heteroatoms. The maximum Gasteiger partial charge on any atom is 0.251 e. The van der Waals surface area contributed by atoms with E-state index in [1.165, 1.54) is 21.3 Å². The van der Waals surface area contributed by atoms with Gasteiger partial charge in [-0.3, -0.25) is 0 Å². The van der Waals surface area contributed by atoms with Crippen LogP contribution in [0.15, 0.2) is 0 Å². The lowest BCUT2D eigenvalue weighted by molar-refractivity contribution is 0.395. The highest BCUT2D eigenvalue weighted by Crippen LogP contribution is 2.34. The molecule has 0 saturated carbocycles. The van der Waals surface area contributed by atoms with Crippen LogP contribution in [0.4, 0.5) is 0 Å². The van der Waals surface area contributed by atoms with Gasteiger partial charge in [-0.25, -0.2) is 29.9 Å². The van der Waals surface area contributed by atoms with Gasteiger partial charge in [0.15, 0.2) is 0 Å². The zero-order valence-corrected chi connectivity index (χ0v) is 15.7. The lowest BCUT2D eigenvalue weighted by atomic mass is 10.1. The highest BCUT2D eigenvalue weighted by molar-refractivity contribution is 6.18. The van der Waals surface area contributed by atoms with E-state index in [9.17, 15) is 15.8 Å². The van der Waals surface area contributed by atoms with E-state index in [0.717, 1.165) is 0 Å². The van der Waals surface area contributed by atoms with E-state index < -0.39 is 0 Å². The Bertz CT molecular complexity index is 1290. The van der Waals surface area contributed by atoms with Crippen molar-refractivity contribution < 1.29 is 14.2 Å². The Morgan fingerprint density at radius 3 is 0.900 bits per heavy atom. The first kappa shape index (κ1) is 18.5. The number of methoxy groups -OCH3 is 3. The summed E-state index contributed by atoms with van der Waals surface area (Å²) in [7, 11) is 4.03. The molecule has 3 aromatic heterocycles. The summed E-state index contributed by atoms with van der Waals surface area (Å²) in [5.74, 6) is -0.0963. The lowest BCUT2D eigenvalue weighted by Gasteiger charge is -2.11. The summed E-state index contributed by atoms with van der Waals surface area (Å²) in [6.45, 7) is 0. The van der Waals surface area contributed by atoms with Gasteiger partial charge in [0.25, 0.3) is 17.6 Å². The summed E-state index contributed by atoms with van der Waals surface area (Å²) in [5.41, 5.74) is 0.770. The molecule has 3 heterocycles. The SMILES string of the molecule is COc1nc2c(nc1C#N)c1nc(OC)c(C#N)nc1c1nc(OC)c(C#N)nc21. The van der Waals surface area contributed by atoms with Crippen molar-refractivity contribution in [2.75, 3.05) is 21.3 Å². The largest absolute Gasteiger partial charge is 0.479 e. The van der Waals surface area contributed by atoms with Crippen molar-refractivity contribution >= 4 is 33.1 Å². The van der Waals surface area contributed by atoms with Crippen LogP contribution in [0.25, 0.3) is 33.1 Å². The number of nitriles is 3. The molecule has 144 valence electrons. The lowest BCUT2D eigenvalue weighted by Crippen LogP contribution is -2.05. The van der Waals surface area contributed by atoms with E-state index in [1.807, 2.05) is 18.2 Å². The maximum absolute atomic E-state index is 9.40. The zero-order chi connectivity index (χ0) is 21.4. The Balaban J connectivity index is 2.36. The molecule has 0 aliphatic carbocycles. The minimum absolute atomic E-state index is 0.0321. The maximum atomic E-state index is 9.40. The molecular formula is C18H9N9O3. The first-order valence-corrected chi connectivity index (χ1v) is 8.19. The van der Waals surface area contributed by atoms with E-state index in [2.05, 4.69) is 29.9 Å². The van der Waals surface area contributed by atoms with Crippen LogP contribution in [-0.2, 0) is 0 Å². The van der Waals surface area contributed by atoms with Gasteiger partial charge in [-0.15, -0.1) is 0 Å². The van der Waals surface area contributed by atoms with Gasteiger partial charge in [0.2, 0.25) is 17.1 Å². The van der Waals surface area contributed by atoms with E-state index in [4.69, 9.17) is 14.2 Å². The summed E-state index contributed by atoms with van der Waals surface area (Å²) in [6.07, 6.45) is 0. The minimum Gasteiger partial charge on any atom is -0.479 e. The van der Waals surface area contributed by atoms with Gasteiger partial charge in [0.1, 0.15) is 51.3 Å². The fourth-order valence-electron chi connectivity index (χ4n) is 2.90. The molecule has 12 nitrogen and oxygen atoms in total. The minimum atomic E-state index is -0.0854. The highest BCUT2D eigenvalue weighted by atomic mass is 16.5. The fourth-order valence-corrected chi connectivity index (χ4v) is 2.90. The van der Waals surface area contributed by atoms with Crippen LogP contribution in [0.1, 0.15) is 17.1 Å². The van der Waals surface area contributed by atoms with Gasteiger partial charge in [0.05, 0.1) is 21.3 Å². The molecular weight excluding hydrogens is 390 g/mol. The number of aromatic nitrogens is 6. The van der Waals surface area contributed by atoms with Crippen molar-refractivity contribution in [3.05, 3.63) is 17.1 Å². The summed E-state index contributed by atoms with van der Waals surface area (Å²) in [5, 5.41) is 28.2. The van der Waals surface area contributed by atoms with Gasteiger partial charge >= 0.3 is 0 Å². The second kappa shape index (κ2) is 6.93. The Morgan fingerprint density at radius 1 is 0.467 bits per heavy atom. The first-order chi connectivity index (χ1) is 14.6. The van der Waals surface area contributed by atoms with E-state index >= 15 is 0 Å². The van der Waals surface area contributed by atoms with Crippen molar-refractivity contribution in [3.8, 4) is 35.8 Å². The smallest absolute Gasteiger partial charge is 0.251 e. The molecule has 0 radical (unpaired) electrons. The average molecular weight is 399 g/mol. The fraction of sp³-hybridized carbons (Fsp3) is 0.167. The van der Waals surface area contributed by atoms with Gasteiger partial charge in [0, 0.05) is 0 Å². The first-order valence-electron chi connectivity index (χ1n) is 8.19. The number of rotatable bonds is 3. The van der Waals surface area contributed by atoms with Crippen molar-refractivity contribution in [2.45, 2.75) is 0 Å². The quantitative estimate of drug-likeness (QED) is 0.450. The van der Waals surface area contributed by atoms with Crippen molar-refractivity contribution in [1.29, 1.82) is 15.8 Å². The molecule has 30 heavy (non-hydrogen) atoms. The van der Waals surface area contributed by atoms with Gasteiger partial charge in [-0.1, -0.05) is 0 Å². The average Bonchev–Trinajstić information content (AvgIpc) is 2.81. The Hall–Kier alpha value is -4.89. The Labute approximate surface area is 168 Å². The second-order valence-electron chi connectivity index (χ2n) is 5.67. The predicted octanol–water partition coefficient (Wildman–Crippen LogP) is 1.16. The van der Waals surface area contributed by atoms with E-state index in [0.29, 0.717) is 0 Å². The van der Waals surface area contributed by atoms with E-state index in [-0.39, 0.29) is 67.8 Å². The number of hydrogen-bond acceptors (Lipinski definition) is 12. The van der Waals surface area contributed by atoms with Crippen molar-refractivity contribution in [3.63, 3.8) is 0 Å². The number of ether oxygens (including phenoxy) is 3. The molecule has 0 amide bonds. The molecule has 0 fully saturated rings. The van der Waals surface area contributed by atoms with Crippen LogP contribution in [0, 0.1) is 34.0 Å². The molecule has 0 N–H and O–H groups in total. The van der Waals surface area contributed by atoms with Crippen LogP contribution in [0.2, 0.25) is 0 Å². The molecule has 0 bridgehead atoms. The van der Waals surface area contributed by atoms with Crippen LogP contribution in [0.3, 0.4) is 0 Å². The molecule has 0 spiro atoms. The standard InChI is InChI=1S/C18H9N9O3/c1-28-16-7(4-19)22-10-13(25-16)11-15(27-17(29-2)8(5-20)23-11)12-14(10)26-18(30-3)9(6-21)24-12/h1-3H3. The molecule has 0 unspecified atom stereocenters. The number of hydrogen-bond donors (Lipinski definition) is 0. The topological polar surface area (TPSA) is 176 Å². The van der Waals surface area contributed by atoms with Gasteiger partial charge in [-0.2, -0.15) is 15.8 Å². The van der Waals surface area contributed by atoms with Crippen molar-refractivity contribution in [2.24, 2.45) is 0 Å². The third kappa shape index (κ3) is 2.51. The van der Waals surface area contributed by atoms with Crippen LogP contribution >= 0.6 is 0 Å². The monoisotopic (exact) mass is 399 g/mol. The Kier molecular flexibility index (Phi) is 4.27. The zero-order valence-electron chi connectivity index (χ0n) is 15.7.